The summed E-state index contributed by atoms with van der Waals surface area (Å²) in [5.74, 6) is 2.04. The number of hydrogen-bond donors (Lipinski definition) is 1. The van der Waals surface area contributed by atoms with E-state index < -0.39 is 0 Å². The summed E-state index contributed by atoms with van der Waals surface area (Å²) in [6, 6.07) is 0.853. The molecule has 0 radical (unpaired) electrons. The molecule has 3 aliphatic rings. The molecule has 2 nitrogen and oxygen atoms in total. The van der Waals surface area contributed by atoms with Crippen LogP contribution in [0.5, 0.6) is 0 Å². The monoisotopic (exact) mass is 265 g/mol. The molecule has 3 unspecified atom stereocenters. The molecule has 2 bridgehead atoms. The molecule has 0 heterocycles. The Morgan fingerprint density at radius 1 is 1.21 bits per heavy atom. The first-order valence-electron chi connectivity index (χ1n) is 8.32. The molecule has 0 aromatic carbocycles. The fourth-order valence-corrected chi connectivity index (χ4v) is 4.46. The lowest BCUT2D eigenvalue weighted by molar-refractivity contribution is -0.00352. The number of fused-ring (bicyclic) bond motifs is 2. The second-order valence-corrected chi connectivity index (χ2v) is 8.06. The van der Waals surface area contributed by atoms with Crippen LogP contribution in [0.3, 0.4) is 0 Å². The average Bonchev–Trinajstić information content (AvgIpc) is 3.03. The molecule has 19 heavy (non-hydrogen) atoms. The number of nitrogens with one attached hydrogen (secondary N) is 1. The molecule has 0 aliphatic heterocycles. The van der Waals surface area contributed by atoms with Gasteiger partial charge in [-0.1, -0.05) is 6.42 Å². The highest BCUT2D eigenvalue weighted by Gasteiger charge is 2.50. The van der Waals surface area contributed by atoms with Crippen LogP contribution in [0.2, 0.25) is 0 Å². The second kappa shape index (κ2) is 5.04. The average molecular weight is 265 g/mol. The summed E-state index contributed by atoms with van der Waals surface area (Å²) < 4.78 is 5.64. The van der Waals surface area contributed by atoms with Crippen molar-refractivity contribution in [3.8, 4) is 0 Å². The summed E-state index contributed by atoms with van der Waals surface area (Å²) >= 11 is 0. The third kappa shape index (κ3) is 3.00. The van der Waals surface area contributed by atoms with Crippen LogP contribution in [0.1, 0.15) is 65.2 Å². The first kappa shape index (κ1) is 13.9. The van der Waals surface area contributed by atoms with Crippen molar-refractivity contribution in [1.82, 2.24) is 5.32 Å². The van der Waals surface area contributed by atoms with E-state index >= 15 is 0 Å². The van der Waals surface area contributed by atoms with Gasteiger partial charge in [-0.25, -0.2) is 0 Å². The molecule has 3 fully saturated rings. The van der Waals surface area contributed by atoms with Gasteiger partial charge in [0.1, 0.15) is 0 Å². The molecule has 3 rings (SSSR count). The summed E-state index contributed by atoms with van der Waals surface area (Å²) in [6.45, 7) is 5.75. The molecule has 0 aromatic heterocycles. The van der Waals surface area contributed by atoms with Gasteiger partial charge in [-0.3, -0.25) is 0 Å². The number of hydrogen-bond acceptors (Lipinski definition) is 2. The molecule has 3 aliphatic carbocycles. The van der Waals surface area contributed by atoms with E-state index in [9.17, 15) is 0 Å². The SMILES string of the molecule is COC(C)(C)CCC1(CNC2CC2)CC2CCC1C2. The maximum Gasteiger partial charge on any atom is 0.0623 e. The molecule has 2 heteroatoms. The van der Waals surface area contributed by atoms with Gasteiger partial charge >= 0.3 is 0 Å². The Morgan fingerprint density at radius 2 is 2.00 bits per heavy atom. The van der Waals surface area contributed by atoms with Crippen molar-refractivity contribution in [2.45, 2.75) is 76.9 Å². The summed E-state index contributed by atoms with van der Waals surface area (Å²) in [4.78, 5) is 0. The fraction of sp³-hybridized carbons (Fsp3) is 1.00. The van der Waals surface area contributed by atoms with Crippen molar-refractivity contribution in [2.75, 3.05) is 13.7 Å². The molecule has 0 amide bonds. The van der Waals surface area contributed by atoms with Gasteiger partial charge in [0.15, 0.2) is 0 Å². The van der Waals surface area contributed by atoms with Gasteiger partial charge in [0, 0.05) is 19.7 Å². The minimum atomic E-state index is 0.0500. The van der Waals surface area contributed by atoms with E-state index in [1.54, 1.807) is 0 Å². The first-order valence-corrected chi connectivity index (χ1v) is 8.32. The van der Waals surface area contributed by atoms with E-state index in [2.05, 4.69) is 19.2 Å². The van der Waals surface area contributed by atoms with Crippen molar-refractivity contribution >= 4 is 0 Å². The lowest BCUT2D eigenvalue weighted by Crippen LogP contribution is -2.41. The van der Waals surface area contributed by atoms with E-state index in [0.717, 1.165) is 17.9 Å². The maximum atomic E-state index is 5.64. The molecule has 0 spiro atoms. The Morgan fingerprint density at radius 3 is 2.53 bits per heavy atom. The van der Waals surface area contributed by atoms with Crippen LogP contribution in [0.25, 0.3) is 0 Å². The van der Waals surface area contributed by atoms with Gasteiger partial charge in [0.25, 0.3) is 0 Å². The third-order valence-corrected chi connectivity index (χ3v) is 6.20. The Balaban J connectivity index is 1.62. The van der Waals surface area contributed by atoms with Crippen LogP contribution in [0, 0.1) is 17.3 Å². The minimum Gasteiger partial charge on any atom is -0.379 e. The van der Waals surface area contributed by atoms with Gasteiger partial charge in [-0.05, 0) is 76.0 Å². The van der Waals surface area contributed by atoms with E-state index in [0.29, 0.717) is 5.41 Å². The van der Waals surface area contributed by atoms with Gasteiger partial charge in [-0.15, -0.1) is 0 Å². The molecule has 110 valence electrons. The Bertz CT molecular complexity index is 323. The Kier molecular flexibility index (Phi) is 3.68. The molecular weight excluding hydrogens is 234 g/mol. The zero-order valence-corrected chi connectivity index (χ0v) is 13.0. The van der Waals surface area contributed by atoms with E-state index in [4.69, 9.17) is 4.74 Å². The predicted molar refractivity (Wildman–Crippen MR) is 79.2 cm³/mol. The van der Waals surface area contributed by atoms with Gasteiger partial charge in [0.05, 0.1) is 5.60 Å². The molecule has 0 saturated heterocycles. The number of ether oxygens (including phenoxy) is 1. The molecule has 3 atom stereocenters. The minimum absolute atomic E-state index is 0.0500. The molecule has 3 saturated carbocycles. The lowest BCUT2D eigenvalue weighted by atomic mass is 9.69. The van der Waals surface area contributed by atoms with Crippen molar-refractivity contribution in [2.24, 2.45) is 17.3 Å². The van der Waals surface area contributed by atoms with Crippen molar-refractivity contribution in [3.05, 3.63) is 0 Å². The van der Waals surface area contributed by atoms with E-state index in [1.807, 2.05) is 7.11 Å². The second-order valence-electron chi connectivity index (χ2n) is 8.06. The first-order chi connectivity index (χ1) is 9.03. The maximum absolute atomic E-state index is 5.64. The predicted octanol–water partition coefficient (Wildman–Crippen LogP) is 3.75. The van der Waals surface area contributed by atoms with Gasteiger partial charge in [0.2, 0.25) is 0 Å². The molecule has 0 aromatic rings. The highest BCUT2D eigenvalue weighted by molar-refractivity contribution is 5.03. The standard InChI is InChI=1S/C17H31NO/c1-16(2,19-3)8-9-17(12-18-15-6-7-15)11-13-4-5-14(17)10-13/h13-15,18H,4-12H2,1-3H3. The Hall–Kier alpha value is -0.0800. The van der Waals surface area contributed by atoms with Crippen molar-refractivity contribution in [3.63, 3.8) is 0 Å². The van der Waals surface area contributed by atoms with Crippen molar-refractivity contribution < 1.29 is 4.74 Å². The highest BCUT2D eigenvalue weighted by Crippen LogP contribution is 2.58. The summed E-state index contributed by atoms with van der Waals surface area (Å²) in [5.41, 5.74) is 0.649. The van der Waals surface area contributed by atoms with Crippen LogP contribution in [0.4, 0.5) is 0 Å². The van der Waals surface area contributed by atoms with Crippen LogP contribution in [-0.4, -0.2) is 25.3 Å². The Labute approximate surface area is 118 Å². The highest BCUT2D eigenvalue weighted by atomic mass is 16.5. The summed E-state index contributed by atoms with van der Waals surface area (Å²) in [5, 5.41) is 3.84. The van der Waals surface area contributed by atoms with E-state index in [1.165, 1.54) is 57.9 Å². The lowest BCUT2D eigenvalue weighted by Gasteiger charge is -2.40. The summed E-state index contributed by atoms with van der Waals surface area (Å²) in [6.07, 6.45) is 11.4. The van der Waals surface area contributed by atoms with Crippen LogP contribution < -0.4 is 5.32 Å². The van der Waals surface area contributed by atoms with Gasteiger partial charge < -0.3 is 10.1 Å². The van der Waals surface area contributed by atoms with Crippen LogP contribution in [-0.2, 0) is 4.74 Å². The van der Waals surface area contributed by atoms with E-state index in [-0.39, 0.29) is 5.60 Å². The normalized spacial score (nSPS) is 38.1. The zero-order valence-electron chi connectivity index (χ0n) is 13.0. The van der Waals surface area contributed by atoms with Gasteiger partial charge in [-0.2, -0.15) is 0 Å². The zero-order chi connectivity index (χ0) is 13.5. The summed E-state index contributed by atoms with van der Waals surface area (Å²) in [7, 11) is 1.86. The third-order valence-electron chi connectivity index (χ3n) is 6.20. The smallest absolute Gasteiger partial charge is 0.0623 e. The van der Waals surface area contributed by atoms with Crippen LogP contribution >= 0.6 is 0 Å². The quantitative estimate of drug-likeness (QED) is 0.757. The number of rotatable bonds is 7. The topological polar surface area (TPSA) is 21.3 Å². The molecular formula is C17H31NO. The largest absolute Gasteiger partial charge is 0.379 e. The van der Waals surface area contributed by atoms with Crippen LogP contribution in [0.15, 0.2) is 0 Å². The number of methoxy groups -OCH3 is 1. The van der Waals surface area contributed by atoms with Crippen molar-refractivity contribution in [1.29, 1.82) is 0 Å². The fourth-order valence-electron chi connectivity index (χ4n) is 4.46. The molecule has 1 N–H and O–H groups in total.